The van der Waals surface area contributed by atoms with Crippen molar-refractivity contribution in [3.05, 3.63) is 60.7 Å². The summed E-state index contributed by atoms with van der Waals surface area (Å²) in [6.07, 6.45) is 2.46. The van der Waals surface area contributed by atoms with Crippen LogP contribution in [0.1, 0.15) is 23.7 Å². The number of aromatic nitrogens is 1. The Morgan fingerprint density at radius 1 is 1.19 bits per heavy atom. The van der Waals surface area contributed by atoms with E-state index < -0.39 is 5.54 Å². The normalized spacial score (nSPS) is 18.0. The fourth-order valence-corrected chi connectivity index (χ4v) is 4.06. The standard InChI is InChI=1S/C22H24N2O2/c1-3-11-22(2,24-12-14-26-15-13-24)21(25)18-9-6-8-17-16-7-4-5-10-19(16)23-20(17)18/h3-10,23H,1,11-15H2,2H3. The Morgan fingerprint density at radius 3 is 2.69 bits per heavy atom. The van der Waals surface area contributed by atoms with Gasteiger partial charge < -0.3 is 9.72 Å². The third-order valence-corrected chi connectivity index (χ3v) is 5.53. The molecule has 1 N–H and O–H groups in total. The van der Waals surface area contributed by atoms with Crippen molar-refractivity contribution in [2.75, 3.05) is 26.3 Å². The number of carbonyl (C=O) groups is 1. The van der Waals surface area contributed by atoms with Gasteiger partial charge >= 0.3 is 0 Å². The zero-order chi connectivity index (χ0) is 18.1. The van der Waals surface area contributed by atoms with Crippen LogP contribution in [0.5, 0.6) is 0 Å². The number of hydrogen-bond donors (Lipinski definition) is 1. The first-order chi connectivity index (χ1) is 12.6. The maximum absolute atomic E-state index is 13.7. The third kappa shape index (κ3) is 2.66. The van der Waals surface area contributed by atoms with Gasteiger partial charge in [0.05, 0.1) is 24.3 Å². The molecule has 0 amide bonds. The zero-order valence-corrected chi connectivity index (χ0v) is 15.1. The number of aromatic amines is 1. The number of Topliss-reactive ketones (excluding diaryl/α,β-unsaturated/α-hetero) is 1. The van der Waals surface area contributed by atoms with E-state index in [1.807, 2.05) is 37.3 Å². The van der Waals surface area contributed by atoms with Crippen molar-refractivity contribution in [1.82, 2.24) is 9.88 Å². The molecule has 2 aromatic carbocycles. The van der Waals surface area contributed by atoms with Gasteiger partial charge in [-0.3, -0.25) is 9.69 Å². The number of fused-ring (bicyclic) bond motifs is 3. The average molecular weight is 348 g/mol. The highest BCUT2D eigenvalue weighted by molar-refractivity contribution is 6.17. The summed E-state index contributed by atoms with van der Waals surface area (Å²) in [5.74, 6) is 0.136. The zero-order valence-electron chi connectivity index (χ0n) is 15.1. The van der Waals surface area contributed by atoms with E-state index >= 15 is 0 Å². The number of benzene rings is 2. The quantitative estimate of drug-likeness (QED) is 0.556. The number of para-hydroxylation sites is 2. The minimum absolute atomic E-state index is 0.136. The number of H-pyrrole nitrogens is 1. The van der Waals surface area contributed by atoms with Crippen molar-refractivity contribution in [3.63, 3.8) is 0 Å². The van der Waals surface area contributed by atoms with E-state index in [2.05, 4.69) is 34.7 Å². The van der Waals surface area contributed by atoms with Gasteiger partial charge in [0.1, 0.15) is 0 Å². The van der Waals surface area contributed by atoms with Gasteiger partial charge in [0.15, 0.2) is 5.78 Å². The third-order valence-electron chi connectivity index (χ3n) is 5.53. The molecule has 26 heavy (non-hydrogen) atoms. The molecule has 4 rings (SSSR count). The Hall–Kier alpha value is -2.43. The molecular formula is C22H24N2O2. The lowest BCUT2D eigenvalue weighted by molar-refractivity contribution is -0.00865. The number of carbonyl (C=O) groups excluding carboxylic acids is 1. The molecule has 0 saturated carbocycles. The second-order valence-corrected chi connectivity index (χ2v) is 7.09. The maximum atomic E-state index is 13.7. The van der Waals surface area contributed by atoms with Crippen LogP contribution in [0.15, 0.2) is 55.1 Å². The molecule has 2 heterocycles. The van der Waals surface area contributed by atoms with Gasteiger partial charge in [0.25, 0.3) is 0 Å². The summed E-state index contributed by atoms with van der Waals surface area (Å²) >= 11 is 0. The molecular weight excluding hydrogens is 324 g/mol. The summed E-state index contributed by atoms with van der Waals surface area (Å²) in [6, 6.07) is 14.2. The van der Waals surface area contributed by atoms with E-state index in [0.717, 1.165) is 40.5 Å². The highest BCUT2D eigenvalue weighted by Gasteiger charge is 2.40. The highest BCUT2D eigenvalue weighted by Crippen LogP contribution is 2.32. The summed E-state index contributed by atoms with van der Waals surface area (Å²) in [6.45, 7) is 8.78. The molecule has 1 aromatic heterocycles. The molecule has 4 heteroatoms. The van der Waals surface area contributed by atoms with E-state index in [0.29, 0.717) is 19.6 Å². The monoisotopic (exact) mass is 348 g/mol. The van der Waals surface area contributed by atoms with E-state index in [9.17, 15) is 4.79 Å². The molecule has 4 nitrogen and oxygen atoms in total. The summed E-state index contributed by atoms with van der Waals surface area (Å²) in [7, 11) is 0. The lowest BCUT2D eigenvalue weighted by atomic mass is 9.85. The lowest BCUT2D eigenvalue weighted by Crippen LogP contribution is -2.56. The number of morpholine rings is 1. The summed E-state index contributed by atoms with van der Waals surface area (Å²) in [5.41, 5.74) is 2.10. The first kappa shape index (κ1) is 17.0. The molecule has 0 spiro atoms. The van der Waals surface area contributed by atoms with Crippen molar-refractivity contribution >= 4 is 27.6 Å². The van der Waals surface area contributed by atoms with E-state index in [1.165, 1.54) is 0 Å². The van der Waals surface area contributed by atoms with Crippen LogP contribution in [0.4, 0.5) is 0 Å². The van der Waals surface area contributed by atoms with Gasteiger partial charge in [0, 0.05) is 34.9 Å². The van der Waals surface area contributed by atoms with E-state index in [4.69, 9.17) is 4.74 Å². The van der Waals surface area contributed by atoms with Crippen LogP contribution in [0, 0.1) is 0 Å². The molecule has 1 aliphatic heterocycles. The number of ketones is 1. The lowest BCUT2D eigenvalue weighted by Gasteiger charge is -2.41. The molecule has 1 fully saturated rings. The first-order valence-electron chi connectivity index (χ1n) is 9.13. The summed E-state index contributed by atoms with van der Waals surface area (Å²) in [4.78, 5) is 19.4. The molecule has 1 atom stereocenters. The Labute approximate surface area is 153 Å². The van der Waals surface area contributed by atoms with Crippen molar-refractivity contribution in [2.45, 2.75) is 18.9 Å². The molecule has 1 unspecified atom stereocenters. The van der Waals surface area contributed by atoms with Crippen molar-refractivity contribution in [1.29, 1.82) is 0 Å². The van der Waals surface area contributed by atoms with Gasteiger partial charge in [-0.05, 0) is 25.5 Å². The van der Waals surface area contributed by atoms with Crippen molar-refractivity contribution in [3.8, 4) is 0 Å². The van der Waals surface area contributed by atoms with Crippen LogP contribution in [0.2, 0.25) is 0 Å². The van der Waals surface area contributed by atoms with Gasteiger partial charge in [-0.15, -0.1) is 6.58 Å². The SMILES string of the molecule is C=CCC(C)(C(=O)c1cccc2c1[nH]c1ccccc12)N1CCOCC1. The summed E-state index contributed by atoms with van der Waals surface area (Å²) < 4.78 is 5.48. The second kappa shape index (κ2) is 6.71. The Morgan fingerprint density at radius 2 is 1.92 bits per heavy atom. The van der Waals surface area contributed by atoms with Crippen LogP contribution in [0.3, 0.4) is 0 Å². The number of nitrogens with zero attached hydrogens (tertiary/aromatic N) is 1. The first-order valence-corrected chi connectivity index (χ1v) is 9.13. The summed E-state index contributed by atoms with van der Waals surface area (Å²) in [5, 5.41) is 2.24. The Bertz CT molecular complexity index is 969. The second-order valence-electron chi connectivity index (χ2n) is 7.09. The van der Waals surface area contributed by atoms with Crippen LogP contribution >= 0.6 is 0 Å². The molecule has 1 aliphatic rings. The van der Waals surface area contributed by atoms with Crippen LogP contribution < -0.4 is 0 Å². The van der Waals surface area contributed by atoms with Crippen molar-refractivity contribution in [2.24, 2.45) is 0 Å². The molecule has 3 aromatic rings. The molecule has 134 valence electrons. The number of nitrogens with one attached hydrogen (secondary N) is 1. The van der Waals surface area contributed by atoms with Crippen LogP contribution in [0.25, 0.3) is 21.8 Å². The average Bonchev–Trinajstić information content (AvgIpc) is 3.07. The molecule has 0 aliphatic carbocycles. The number of rotatable bonds is 5. The van der Waals surface area contributed by atoms with Crippen LogP contribution in [-0.4, -0.2) is 47.5 Å². The maximum Gasteiger partial charge on any atom is 0.185 e. The molecule has 0 bridgehead atoms. The van der Waals surface area contributed by atoms with Crippen molar-refractivity contribution < 1.29 is 9.53 Å². The Kier molecular flexibility index (Phi) is 4.39. The highest BCUT2D eigenvalue weighted by atomic mass is 16.5. The van der Waals surface area contributed by atoms with E-state index in [1.54, 1.807) is 0 Å². The largest absolute Gasteiger partial charge is 0.379 e. The van der Waals surface area contributed by atoms with Gasteiger partial charge in [-0.1, -0.05) is 36.4 Å². The Balaban J connectivity index is 1.84. The van der Waals surface area contributed by atoms with Gasteiger partial charge in [-0.2, -0.15) is 0 Å². The van der Waals surface area contributed by atoms with Gasteiger partial charge in [0.2, 0.25) is 0 Å². The fourth-order valence-electron chi connectivity index (χ4n) is 4.06. The minimum Gasteiger partial charge on any atom is -0.379 e. The molecule has 0 radical (unpaired) electrons. The fraction of sp³-hybridized carbons (Fsp3) is 0.318. The van der Waals surface area contributed by atoms with Crippen LogP contribution in [-0.2, 0) is 4.74 Å². The minimum atomic E-state index is -0.614. The number of hydrogen-bond acceptors (Lipinski definition) is 3. The molecule has 1 saturated heterocycles. The predicted octanol–water partition coefficient (Wildman–Crippen LogP) is 4.17. The predicted molar refractivity (Wildman–Crippen MR) is 106 cm³/mol. The topological polar surface area (TPSA) is 45.3 Å². The van der Waals surface area contributed by atoms with E-state index in [-0.39, 0.29) is 5.78 Å². The van der Waals surface area contributed by atoms with Gasteiger partial charge in [-0.25, -0.2) is 0 Å². The number of ether oxygens (including phenoxy) is 1. The smallest absolute Gasteiger partial charge is 0.185 e.